The van der Waals surface area contributed by atoms with E-state index in [-0.39, 0.29) is 6.42 Å². The Morgan fingerprint density at radius 1 is 1.05 bits per heavy atom. The van der Waals surface area contributed by atoms with Crippen molar-refractivity contribution in [1.29, 1.82) is 0 Å². The number of primary amides is 1. The summed E-state index contributed by atoms with van der Waals surface area (Å²) in [6.45, 7) is 10.6. The standard InChI is InChI=1S/C14H29N3O3/c1-12(2,14(5,6)17)7-8(10(15)18)9(11(19)20)13(3,4)16/h8-9H,7,16-17H2,1-6H3,(H2,15,18)(H,19,20). The van der Waals surface area contributed by atoms with Crippen LogP contribution in [-0.4, -0.2) is 28.1 Å². The van der Waals surface area contributed by atoms with Crippen molar-refractivity contribution in [2.45, 2.75) is 59.0 Å². The van der Waals surface area contributed by atoms with Crippen LogP contribution < -0.4 is 17.2 Å². The first kappa shape index (κ1) is 18.9. The fraction of sp³-hybridized carbons (Fsp3) is 0.857. The van der Waals surface area contributed by atoms with E-state index in [0.717, 1.165) is 0 Å². The maximum absolute atomic E-state index is 11.8. The SMILES string of the molecule is CC(C)(N)C(C(=O)O)C(CC(C)(C)C(C)(C)N)C(N)=O. The average molecular weight is 287 g/mol. The second kappa shape index (κ2) is 5.69. The van der Waals surface area contributed by atoms with E-state index in [4.69, 9.17) is 17.2 Å². The lowest BCUT2D eigenvalue weighted by atomic mass is 9.65. The fourth-order valence-corrected chi connectivity index (χ4v) is 2.20. The minimum atomic E-state index is -1.12. The predicted molar refractivity (Wildman–Crippen MR) is 78.7 cm³/mol. The molecule has 0 rings (SSSR count). The number of hydrogen-bond donors (Lipinski definition) is 4. The van der Waals surface area contributed by atoms with Crippen molar-refractivity contribution in [3.63, 3.8) is 0 Å². The van der Waals surface area contributed by atoms with Crippen LogP contribution in [0.1, 0.15) is 48.0 Å². The lowest BCUT2D eigenvalue weighted by molar-refractivity contribution is -0.150. The van der Waals surface area contributed by atoms with Gasteiger partial charge in [0.25, 0.3) is 0 Å². The molecule has 0 bridgehead atoms. The topological polar surface area (TPSA) is 132 Å². The third-order valence-corrected chi connectivity index (χ3v) is 4.31. The molecule has 20 heavy (non-hydrogen) atoms. The third-order valence-electron chi connectivity index (χ3n) is 4.31. The Balaban J connectivity index is 5.57. The predicted octanol–water partition coefficient (Wildman–Crippen LogP) is 0.680. The molecule has 0 aromatic heterocycles. The largest absolute Gasteiger partial charge is 0.481 e. The van der Waals surface area contributed by atoms with Crippen molar-refractivity contribution in [1.82, 2.24) is 0 Å². The summed E-state index contributed by atoms with van der Waals surface area (Å²) in [5.41, 5.74) is 15.4. The van der Waals surface area contributed by atoms with Crippen LogP contribution in [-0.2, 0) is 9.59 Å². The van der Waals surface area contributed by atoms with Gasteiger partial charge in [-0.2, -0.15) is 0 Å². The molecule has 2 unspecified atom stereocenters. The molecule has 0 spiro atoms. The van der Waals surface area contributed by atoms with E-state index in [2.05, 4.69) is 0 Å². The van der Waals surface area contributed by atoms with E-state index >= 15 is 0 Å². The molecule has 0 aromatic carbocycles. The van der Waals surface area contributed by atoms with Crippen LogP contribution >= 0.6 is 0 Å². The molecule has 2 atom stereocenters. The zero-order chi connectivity index (χ0) is 16.5. The molecule has 0 aliphatic rings. The summed E-state index contributed by atoms with van der Waals surface area (Å²) < 4.78 is 0. The summed E-state index contributed by atoms with van der Waals surface area (Å²) in [6, 6.07) is 0. The van der Waals surface area contributed by atoms with Gasteiger partial charge in [-0.3, -0.25) is 9.59 Å². The van der Waals surface area contributed by atoms with Crippen LogP contribution in [0.3, 0.4) is 0 Å². The summed E-state index contributed by atoms with van der Waals surface area (Å²) in [5.74, 6) is -3.70. The molecule has 6 heteroatoms. The second-order valence-corrected chi connectivity index (χ2v) is 7.46. The van der Waals surface area contributed by atoms with Crippen LogP contribution in [0.2, 0.25) is 0 Å². The van der Waals surface area contributed by atoms with E-state index in [1.807, 2.05) is 27.7 Å². The van der Waals surface area contributed by atoms with Gasteiger partial charge in [-0.1, -0.05) is 13.8 Å². The maximum atomic E-state index is 11.8. The van der Waals surface area contributed by atoms with Crippen molar-refractivity contribution in [2.24, 2.45) is 34.5 Å². The first-order valence-electron chi connectivity index (χ1n) is 6.71. The highest BCUT2D eigenvalue weighted by atomic mass is 16.4. The van der Waals surface area contributed by atoms with Crippen LogP contribution in [0, 0.1) is 17.3 Å². The number of nitrogens with two attached hydrogens (primary N) is 3. The number of carbonyl (C=O) groups excluding carboxylic acids is 1. The molecular formula is C14H29N3O3. The van der Waals surface area contributed by atoms with Gasteiger partial charge in [0.15, 0.2) is 0 Å². The molecule has 1 amide bonds. The first-order valence-corrected chi connectivity index (χ1v) is 6.71. The van der Waals surface area contributed by atoms with Gasteiger partial charge in [0.1, 0.15) is 0 Å². The molecule has 0 heterocycles. The van der Waals surface area contributed by atoms with Gasteiger partial charge in [0.05, 0.1) is 11.8 Å². The summed E-state index contributed by atoms with van der Waals surface area (Å²) in [4.78, 5) is 23.3. The minimum Gasteiger partial charge on any atom is -0.481 e. The first-order chi connectivity index (χ1) is 8.61. The van der Waals surface area contributed by atoms with Crippen molar-refractivity contribution in [3.05, 3.63) is 0 Å². The Labute approximate surface area is 121 Å². The molecule has 6 nitrogen and oxygen atoms in total. The van der Waals surface area contributed by atoms with Gasteiger partial charge in [0, 0.05) is 11.1 Å². The van der Waals surface area contributed by atoms with Crippen LogP contribution in [0.4, 0.5) is 0 Å². The number of carbonyl (C=O) groups is 2. The number of aliphatic carboxylic acids is 1. The van der Waals surface area contributed by atoms with E-state index in [1.54, 1.807) is 13.8 Å². The van der Waals surface area contributed by atoms with Gasteiger partial charge in [-0.15, -0.1) is 0 Å². The average Bonchev–Trinajstić information content (AvgIpc) is 2.10. The van der Waals surface area contributed by atoms with Crippen molar-refractivity contribution < 1.29 is 14.7 Å². The van der Waals surface area contributed by atoms with Crippen molar-refractivity contribution >= 4 is 11.9 Å². The Morgan fingerprint density at radius 3 is 1.65 bits per heavy atom. The molecule has 0 saturated carbocycles. The van der Waals surface area contributed by atoms with E-state index in [9.17, 15) is 14.7 Å². The Hall–Kier alpha value is -1.14. The Morgan fingerprint density at radius 2 is 1.45 bits per heavy atom. The molecule has 7 N–H and O–H groups in total. The number of carboxylic acid groups (broad SMARTS) is 1. The highest BCUT2D eigenvalue weighted by Crippen LogP contribution is 2.39. The zero-order valence-corrected chi connectivity index (χ0v) is 13.4. The van der Waals surface area contributed by atoms with Crippen molar-refractivity contribution in [2.75, 3.05) is 0 Å². The van der Waals surface area contributed by atoms with Crippen LogP contribution in [0.5, 0.6) is 0 Å². The molecule has 0 fully saturated rings. The number of hydrogen-bond acceptors (Lipinski definition) is 4. The summed E-state index contributed by atoms with van der Waals surface area (Å²) >= 11 is 0. The third kappa shape index (κ3) is 4.45. The van der Waals surface area contributed by atoms with E-state index in [0.29, 0.717) is 0 Å². The molecular weight excluding hydrogens is 258 g/mol. The number of rotatable bonds is 7. The summed E-state index contributed by atoms with van der Waals surface area (Å²) in [5, 5.41) is 9.41. The zero-order valence-electron chi connectivity index (χ0n) is 13.4. The normalized spacial score (nSPS) is 16.6. The number of amides is 1. The summed E-state index contributed by atoms with van der Waals surface area (Å²) in [7, 11) is 0. The lowest BCUT2D eigenvalue weighted by Crippen LogP contribution is -2.55. The highest BCUT2D eigenvalue weighted by molar-refractivity contribution is 5.84. The van der Waals surface area contributed by atoms with Gasteiger partial charge in [-0.25, -0.2) is 0 Å². The van der Waals surface area contributed by atoms with Crippen LogP contribution in [0.25, 0.3) is 0 Å². The maximum Gasteiger partial charge on any atom is 0.309 e. The monoisotopic (exact) mass is 287 g/mol. The Kier molecular flexibility index (Phi) is 5.37. The van der Waals surface area contributed by atoms with Crippen molar-refractivity contribution in [3.8, 4) is 0 Å². The van der Waals surface area contributed by atoms with Gasteiger partial charge in [-0.05, 0) is 39.5 Å². The highest BCUT2D eigenvalue weighted by Gasteiger charge is 2.46. The smallest absolute Gasteiger partial charge is 0.309 e. The molecule has 0 saturated heterocycles. The quantitative estimate of drug-likeness (QED) is 0.546. The lowest BCUT2D eigenvalue weighted by Gasteiger charge is -2.43. The van der Waals surface area contributed by atoms with E-state index in [1.165, 1.54) is 0 Å². The molecule has 0 radical (unpaired) electrons. The number of carboxylic acids is 1. The van der Waals surface area contributed by atoms with Gasteiger partial charge >= 0.3 is 5.97 Å². The molecule has 0 aromatic rings. The molecule has 0 aliphatic carbocycles. The molecule has 118 valence electrons. The Bertz CT molecular complexity index is 378. The minimum absolute atomic E-state index is 0.267. The fourth-order valence-electron chi connectivity index (χ4n) is 2.20. The van der Waals surface area contributed by atoms with Gasteiger partial charge in [0.2, 0.25) is 5.91 Å². The van der Waals surface area contributed by atoms with E-state index < -0.39 is 40.2 Å². The van der Waals surface area contributed by atoms with Crippen LogP contribution in [0.15, 0.2) is 0 Å². The molecule has 0 aliphatic heterocycles. The second-order valence-electron chi connectivity index (χ2n) is 7.46. The summed E-state index contributed by atoms with van der Waals surface area (Å²) in [6.07, 6.45) is 0.267. The van der Waals surface area contributed by atoms with Gasteiger partial charge < -0.3 is 22.3 Å².